The van der Waals surface area contributed by atoms with E-state index in [0.29, 0.717) is 0 Å². The summed E-state index contributed by atoms with van der Waals surface area (Å²) in [5.74, 6) is 1.06. The number of nitrogens with one attached hydrogen (secondary N) is 1. The highest BCUT2D eigenvalue weighted by atomic mass is 15.1. The van der Waals surface area contributed by atoms with Crippen LogP contribution in [0.5, 0.6) is 0 Å². The molecule has 2 rings (SSSR count). The minimum atomic E-state index is 0.901. The number of rotatable bonds is 5. The molecular weight excluding hydrogens is 224 g/mol. The number of benzene rings is 1. The molecule has 4 nitrogen and oxygen atoms in total. The summed E-state index contributed by atoms with van der Waals surface area (Å²) < 4.78 is 2.14. The number of hydrogen-bond donors (Lipinski definition) is 1. The fraction of sp³-hybridized carbons (Fsp3) is 0.357. The van der Waals surface area contributed by atoms with Gasteiger partial charge in [-0.2, -0.15) is 0 Å². The fourth-order valence-corrected chi connectivity index (χ4v) is 1.84. The van der Waals surface area contributed by atoms with Gasteiger partial charge in [-0.25, -0.2) is 4.98 Å². The number of aryl methyl sites for hydroxylation is 1. The lowest BCUT2D eigenvalue weighted by molar-refractivity contribution is 0.701. The summed E-state index contributed by atoms with van der Waals surface area (Å²) in [6, 6.07) is 8.45. The zero-order chi connectivity index (χ0) is 13.0. The van der Waals surface area contributed by atoms with E-state index < -0.39 is 0 Å². The van der Waals surface area contributed by atoms with Gasteiger partial charge in [0.2, 0.25) is 0 Å². The summed E-state index contributed by atoms with van der Waals surface area (Å²) in [7, 11) is 4.09. The van der Waals surface area contributed by atoms with Gasteiger partial charge in [0.25, 0.3) is 0 Å². The van der Waals surface area contributed by atoms with E-state index in [-0.39, 0.29) is 0 Å². The van der Waals surface area contributed by atoms with Gasteiger partial charge in [-0.15, -0.1) is 0 Å². The van der Waals surface area contributed by atoms with Crippen molar-refractivity contribution < 1.29 is 0 Å². The maximum absolute atomic E-state index is 4.20. The first-order valence-electron chi connectivity index (χ1n) is 6.16. The molecule has 1 heterocycles. The number of hydrogen-bond acceptors (Lipinski definition) is 3. The van der Waals surface area contributed by atoms with Crippen LogP contribution in [0.2, 0.25) is 0 Å². The molecule has 1 aromatic carbocycles. The zero-order valence-corrected chi connectivity index (χ0v) is 11.2. The van der Waals surface area contributed by atoms with Gasteiger partial charge >= 0.3 is 0 Å². The highest BCUT2D eigenvalue weighted by Crippen LogP contribution is 2.15. The largest absolute Gasteiger partial charge is 0.383 e. The Labute approximate surface area is 108 Å². The molecule has 0 aliphatic heterocycles. The molecule has 0 unspecified atom stereocenters. The number of imidazole rings is 1. The lowest BCUT2D eigenvalue weighted by atomic mass is 10.2. The van der Waals surface area contributed by atoms with Crippen molar-refractivity contribution in [2.75, 3.05) is 30.9 Å². The normalized spacial score (nSPS) is 10.4. The standard InChI is InChI=1S/C14H20N4/c1-12-15-8-10-18(12)11-9-16-13-4-6-14(7-5-13)17(2)3/h4-8,10,16H,9,11H2,1-3H3. The lowest BCUT2D eigenvalue weighted by Gasteiger charge is -2.13. The molecule has 1 aromatic heterocycles. The van der Waals surface area contributed by atoms with Gasteiger partial charge in [0.05, 0.1) is 0 Å². The van der Waals surface area contributed by atoms with Crippen LogP contribution in [0.4, 0.5) is 11.4 Å². The SMILES string of the molecule is Cc1nccn1CCNc1ccc(N(C)C)cc1. The van der Waals surface area contributed by atoms with E-state index in [1.54, 1.807) is 0 Å². The van der Waals surface area contributed by atoms with E-state index in [2.05, 4.69) is 44.0 Å². The quantitative estimate of drug-likeness (QED) is 0.876. The molecular formula is C14H20N4. The Morgan fingerprint density at radius 3 is 2.50 bits per heavy atom. The van der Waals surface area contributed by atoms with Crippen LogP contribution in [0.1, 0.15) is 5.82 Å². The molecule has 0 saturated heterocycles. The van der Waals surface area contributed by atoms with Gasteiger partial charge < -0.3 is 14.8 Å². The van der Waals surface area contributed by atoms with Gasteiger partial charge in [-0.3, -0.25) is 0 Å². The summed E-state index contributed by atoms with van der Waals surface area (Å²) in [6.07, 6.45) is 3.84. The second kappa shape index (κ2) is 5.58. The van der Waals surface area contributed by atoms with Crippen molar-refractivity contribution in [2.45, 2.75) is 13.5 Å². The smallest absolute Gasteiger partial charge is 0.105 e. The van der Waals surface area contributed by atoms with Crippen molar-refractivity contribution in [1.82, 2.24) is 9.55 Å². The molecule has 96 valence electrons. The summed E-state index contributed by atoms with van der Waals surface area (Å²) in [5.41, 5.74) is 2.37. The number of anilines is 2. The Morgan fingerprint density at radius 1 is 1.22 bits per heavy atom. The van der Waals surface area contributed by atoms with E-state index >= 15 is 0 Å². The number of nitrogens with zero attached hydrogens (tertiary/aromatic N) is 3. The van der Waals surface area contributed by atoms with Crippen LogP contribution < -0.4 is 10.2 Å². The van der Waals surface area contributed by atoms with E-state index in [4.69, 9.17) is 0 Å². The average Bonchev–Trinajstić information content (AvgIpc) is 2.76. The molecule has 0 atom stereocenters. The monoisotopic (exact) mass is 244 g/mol. The van der Waals surface area contributed by atoms with Crippen molar-refractivity contribution in [3.8, 4) is 0 Å². The third kappa shape index (κ3) is 3.03. The van der Waals surface area contributed by atoms with Crippen LogP contribution in [0, 0.1) is 6.92 Å². The van der Waals surface area contributed by atoms with E-state index in [1.807, 2.05) is 33.4 Å². The van der Waals surface area contributed by atoms with Gasteiger partial charge in [0, 0.05) is 51.0 Å². The Kier molecular flexibility index (Phi) is 3.87. The molecule has 0 aliphatic carbocycles. The predicted octanol–water partition coefficient (Wildman–Crippen LogP) is 2.37. The Balaban J connectivity index is 1.85. The van der Waals surface area contributed by atoms with Crippen molar-refractivity contribution in [2.24, 2.45) is 0 Å². The highest BCUT2D eigenvalue weighted by Gasteiger charge is 1.97. The average molecular weight is 244 g/mol. The summed E-state index contributed by atoms with van der Waals surface area (Å²) in [6.45, 7) is 3.85. The van der Waals surface area contributed by atoms with Gasteiger partial charge in [-0.1, -0.05) is 0 Å². The predicted molar refractivity (Wildman–Crippen MR) is 76.2 cm³/mol. The van der Waals surface area contributed by atoms with Crippen LogP contribution in [-0.2, 0) is 6.54 Å². The first-order valence-corrected chi connectivity index (χ1v) is 6.16. The molecule has 0 radical (unpaired) electrons. The Morgan fingerprint density at radius 2 is 1.94 bits per heavy atom. The minimum absolute atomic E-state index is 0.901. The maximum atomic E-state index is 4.20. The molecule has 4 heteroatoms. The van der Waals surface area contributed by atoms with Crippen molar-refractivity contribution in [3.05, 3.63) is 42.5 Å². The van der Waals surface area contributed by atoms with Crippen molar-refractivity contribution in [3.63, 3.8) is 0 Å². The summed E-state index contributed by atoms with van der Waals surface area (Å²) in [4.78, 5) is 6.30. The summed E-state index contributed by atoms with van der Waals surface area (Å²) in [5, 5.41) is 3.41. The van der Waals surface area contributed by atoms with Gasteiger partial charge in [-0.05, 0) is 31.2 Å². The molecule has 0 amide bonds. The van der Waals surface area contributed by atoms with Crippen molar-refractivity contribution in [1.29, 1.82) is 0 Å². The third-order valence-electron chi connectivity index (χ3n) is 2.99. The van der Waals surface area contributed by atoms with E-state index in [9.17, 15) is 0 Å². The lowest BCUT2D eigenvalue weighted by Crippen LogP contribution is -2.11. The second-order valence-electron chi connectivity index (χ2n) is 4.54. The Bertz CT molecular complexity index is 485. The highest BCUT2D eigenvalue weighted by molar-refractivity contribution is 5.54. The van der Waals surface area contributed by atoms with Crippen LogP contribution in [0.3, 0.4) is 0 Å². The molecule has 0 saturated carbocycles. The maximum Gasteiger partial charge on any atom is 0.105 e. The first-order chi connectivity index (χ1) is 8.66. The van der Waals surface area contributed by atoms with Gasteiger partial charge in [0.15, 0.2) is 0 Å². The molecule has 18 heavy (non-hydrogen) atoms. The Hall–Kier alpha value is -1.97. The van der Waals surface area contributed by atoms with Crippen LogP contribution in [0.25, 0.3) is 0 Å². The zero-order valence-electron chi connectivity index (χ0n) is 11.2. The van der Waals surface area contributed by atoms with Gasteiger partial charge in [0.1, 0.15) is 5.82 Å². The van der Waals surface area contributed by atoms with Crippen molar-refractivity contribution >= 4 is 11.4 Å². The van der Waals surface area contributed by atoms with E-state index in [1.165, 1.54) is 5.69 Å². The first kappa shape index (κ1) is 12.5. The van der Waals surface area contributed by atoms with Crippen LogP contribution >= 0.6 is 0 Å². The summed E-state index contributed by atoms with van der Waals surface area (Å²) >= 11 is 0. The number of aromatic nitrogens is 2. The molecule has 0 aliphatic rings. The van der Waals surface area contributed by atoms with E-state index in [0.717, 1.165) is 24.6 Å². The van der Waals surface area contributed by atoms with Crippen LogP contribution in [0.15, 0.2) is 36.7 Å². The second-order valence-corrected chi connectivity index (χ2v) is 4.54. The molecule has 2 aromatic rings. The van der Waals surface area contributed by atoms with Crippen LogP contribution in [-0.4, -0.2) is 30.2 Å². The molecule has 0 spiro atoms. The molecule has 0 bridgehead atoms. The third-order valence-corrected chi connectivity index (χ3v) is 2.99. The molecule has 1 N–H and O–H groups in total. The molecule has 0 fully saturated rings. The minimum Gasteiger partial charge on any atom is -0.383 e. The fourth-order valence-electron chi connectivity index (χ4n) is 1.84. The topological polar surface area (TPSA) is 33.1 Å².